The van der Waals surface area contributed by atoms with Crippen molar-refractivity contribution in [3.63, 3.8) is 0 Å². The molecule has 3 aromatic heterocycles. The molecule has 258 valence electrons. The predicted octanol–water partition coefficient (Wildman–Crippen LogP) is 5.44. The van der Waals surface area contributed by atoms with Crippen molar-refractivity contribution in [1.82, 2.24) is 30.6 Å². The van der Waals surface area contributed by atoms with E-state index < -0.39 is 6.71 Å². The van der Waals surface area contributed by atoms with E-state index in [1.165, 1.54) is 0 Å². The molecule has 0 saturated carbocycles. The molecule has 0 amide bonds. The van der Waals surface area contributed by atoms with Gasteiger partial charge in [0.25, 0.3) is 6.71 Å². The van der Waals surface area contributed by atoms with Crippen LogP contribution in [-0.4, -0.2) is 73.9 Å². The van der Waals surface area contributed by atoms with Crippen molar-refractivity contribution < 1.29 is 28.4 Å². The third kappa shape index (κ3) is 9.06. The number of nitrogens with one attached hydrogen (secondary N) is 3. The minimum atomic E-state index is -0.703. The Hall–Kier alpha value is -3.51. The van der Waals surface area contributed by atoms with Crippen LogP contribution in [0.3, 0.4) is 0 Å². The van der Waals surface area contributed by atoms with E-state index in [-0.39, 0.29) is 36.6 Å². The highest BCUT2D eigenvalue weighted by Gasteiger charge is 2.44. The fourth-order valence-corrected chi connectivity index (χ4v) is 4.37. The van der Waals surface area contributed by atoms with E-state index in [4.69, 9.17) is 28.4 Å². The summed E-state index contributed by atoms with van der Waals surface area (Å²) in [6.07, 6.45) is 4.04. The molecule has 3 heterocycles. The van der Waals surface area contributed by atoms with Gasteiger partial charge in [0.05, 0.1) is 53.0 Å². The number of ether oxygens (including phenoxy) is 6. The summed E-state index contributed by atoms with van der Waals surface area (Å²) in [5.74, 6) is 2.59. The molecule has 0 saturated heterocycles. The van der Waals surface area contributed by atoms with E-state index in [0.29, 0.717) is 51.7 Å². The second kappa shape index (κ2) is 17.4. The zero-order chi connectivity index (χ0) is 34.0. The SMILES string of the molecule is CCC(C)Oc1n[nH]c(OC(C)CC)c1B(c1c(OC(C)CC)n[nH]c1OC(C)CC)c1c(OC(C)CC)n[nH]c1OC(C)CC. The van der Waals surface area contributed by atoms with E-state index >= 15 is 0 Å². The summed E-state index contributed by atoms with van der Waals surface area (Å²) in [5, 5.41) is 23.4. The molecule has 0 radical (unpaired) electrons. The van der Waals surface area contributed by atoms with Gasteiger partial charge in [-0.15, -0.1) is 15.3 Å². The first kappa shape index (κ1) is 37.0. The monoisotopic (exact) mass is 644 g/mol. The molecule has 0 aliphatic carbocycles. The maximum atomic E-state index is 6.51. The lowest BCUT2D eigenvalue weighted by Gasteiger charge is -2.23. The van der Waals surface area contributed by atoms with Gasteiger partial charge in [0, 0.05) is 0 Å². The molecule has 6 unspecified atom stereocenters. The number of hydrogen-bond donors (Lipinski definition) is 3. The number of aromatic nitrogens is 6. The highest BCUT2D eigenvalue weighted by molar-refractivity contribution is 6.98. The van der Waals surface area contributed by atoms with Crippen molar-refractivity contribution in [2.45, 2.75) is 158 Å². The van der Waals surface area contributed by atoms with Crippen LogP contribution in [0.1, 0.15) is 122 Å². The number of aromatic amines is 3. The smallest absolute Gasteiger partial charge is 0.283 e. The van der Waals surface area contributed by atoms with Gasteiger partial charge >= 0.3 is 0 Å². The molecule has 3 aromatic rings. The highest BCUT2D eigenvalue weighted by atomic mass is 16.5. The first-order valence-electron chi connectivity index (χ1n) is 17.3. The van der Waals surface area contributed by atoms with Gasteiger partial charge in [-0.1, -0.05) is 41.5 Å². The van der Waals surface area contributed by atoms with Crippen LogP contribution < -0.4 is 44.8 Å². The van der Waals surface area contributed by atoms with Gasteiger partial charge in [-0.05, 0) is 80.1 Å². The molecule has 13 heteroatoms. The predicted molar refractivity (Wildman–Crippen MR) is 183 cm³/mol. The molecule has 12 nitrogen and oxygen atoms in total. The summed E-state index contributed by atoms with van der Waals surface area (Å²) in [5.41, 5.74) is 1.94. The van der Waals surface area contributed by atoms with Crippen LogP contribution in [0.25, 0.3) is 0 Å². The Kier molecular flexibility index (Phi) is 14.0. The zero-order valence-corrected chi connectivity index (χ0v) is 30.1. The second-order valence-corrected chi connectivity index (χ2v) is 12.3. The summed E-state index contributed by atoms with van der Waals surface area (Å²) in [6, 6.07) is 0. The van der Waals surface area contributed by atoms with Gasteiger partial charge in [0.15, 0.2) is 0 Å². The topological polar surface area (TPSA) is 141 Å². The molecular weight excluding hydrogens is 587 g/mol. The van der Waals surface area contributed by atoms with Crippen molar-refractivity contribution in [3.8, 4) is 35.3 Å². The van der Waals surface area contributed by atoms with Gasteiger partial charge in [0.1, 0.15) is 0 Å². The third-order valence-corrected chi connectivity index (χ3v) is 8.41. The first-order chi connectivity index (χ1) is 22.0. The Labute approximate surface area is 275 Å². The molecule has 0 fully saturated rings. The van der Waals surface area contributed by atoms with E-state index in [9.17, 15) is 0 Å². The first-order valence-corrected chi connectivity index (χ1v) is 17.3. The number of nitrogens with zero attached hydrogens (tertiary/aromatic N) is 3. The number of H-pyrrole nitrogens is 3. The Balaban J connectivity index is 2.50. The maximum Gasteiger partial charge on any atom is 0.283 e. The van der Waals surface area contributed by atoms with Crippen molar-refractivity contribution in [2.24, 2.45) is 0 Å². The molecule has 3 N–H and O–H groups in total. The molecule has 0 spiro atoms. The van der Waals surface area contributed by atoms with Gasteiger partial charge in [-0.3, -0.25) is 0 Å². The van der Waals surface area contributed by atoms with Crippen molar-refractivity contribution in [2.75, 3.05) is 0 Å². The minimum Gasteiger partial charge on any atom is -0.475 e. The molecule has 3 rings (SSSR count). The van der Waals surface area contributed by atoms with Gasteiger partial charge in [0.2, 0.25) is 35.3 Å². The van der Waals surface area contributed by atoms with Crippen molar-refractivity contribution >= 4 is 23.1 Å². The third-order valence-electron chi connectivity index (χ3n) is 8.41. The summed E-state index contributed by atoms with van der Waals surface area (Å²) in [7, 11) is 0. The van der Waals surface area contributed by atoms with Gasteiger partial charge < -0.3 is 28.4 Å². The van der Waals surface area contributed by atoms with Crippen molar-refractivity contribution in [3.05, 3.63) is 0 Å². The quantitative estimate of drug-likeness (QED) is 0.129. The normalized spacial score (nSPS) is 15.4. The zero-order valence-electron chi connectivity index (χ0n) is 30.1. The van der Waals surface area contributed by atoms with Crippen LogP contribution in [0.15, 0.2) is 0 Å². The lowest BCUT2D eigenvalue weighted by atomic mass is 9.37. The minimum absolute atomic E-state index is 0.108. The average molecular weight is 645 g/mol. The molecule has 46 heavy (non-hydrogen) atoms. The van der Waals surface area contributed by atoms with E-state index in [1.807, 2.05) is 41.5 Å². The van der Waals surface area contributed by atoms with E-state index in [1.54, 1.807) is 0 Å². The largest absolute Gasteiger partial charge is 0.475 e. The van der Waals surface area contributed by atoms with E-state index in [2.05, 4.69) is 72.1 Å². The summed E-state index contributed by atoms with van der Waals surface area (Å²) in [4.78, 5) is 0. The Morgan fingerprint density at radius 1 is 0.413 bits per heavy atom. The van der Waals surface area contributed by atoms with Crippen LogP contribution in [-0.2, 0) is 0 Å². The molecular formula is C33H57BN6O6. The number of rotatable bonds is 21. The Morgan fingerprint density at radius 2 is 0.630 bits per heavy atom. The summed E-state index contributed by atoms with van der Waals surface area (Å²) in [6.45, 7) is 23.9. The Morgan fingerprint density at radius 3 is 0.848 bits per heavy atom. The molecule has 0 aromatic carbocycles. The Bertz CT molecular complexity index is 1080. The fraction of sp³-hybridized carbons (Fsp3) is 0.727. The highest BCUT2D eigenvalue weighted by Crippen LogP contribution is 2.28. The lowest BCUT2D eigenvalue weighted by molar-refractivity contribution is 0.208. The van der Waals surface area contributed by atoms with Crippen LogP contribution in [0.5, 0.6) is 35.3 Å². The maximum absolute atomic E-state index is 6.51. The van der Waals surface area contributed by atoms with Crippen LogP contribution >= 0.6 is 0 Å². The molecule has 0 aliphatic heterocycles. The summed E-state index contributed by atoms with van der Waals surface area (Å²) < 4.78 is 39.0. The van der Waals surface area contributed by atoms with Gasteiger partial charge in [-0.2, -0.15) is 0 Å². The molecule has 6 atom stereocenters. The average Bonchev–Trinajstić information content (AvgIpc) is 3.75. The van der Waals surface area contributed by atoms with Gasteiger partial charge in [-0.25, -0.2) is 15.3 Å². The van der Waals surface area contributed by atoms with Crippen LogP contribution in [0.2, 0.25) is 0 Å². The summed E-state index contributed by atoms with van der Waals surface area (Å²) >= 11 is 0. The number of hydrogen-bond acceptors (Lipinski definition) is 9. The lowest BCUT2D eigenvalue weighted by Crippen LogP contribution is -2.54. The van der Waals surface area contributed by atoms with Crippen molar-refractivity contribution in [1.29, 1.82) is 0 Å². The fourth-order valence-electron chi connectivity index (χ4n) is 4.37. The molecule has 0 aliphatic rings. The van der Waals surface area contributed by atoms with E-state index in [0.717, 1.165) is 38.5 Å². The van der Waals surface area contributed by atoms with Crippen LogP contribution in [0.4, 0.5) is 0 Å². The second-order valence-electron chi connectivity index (χ2n) is 12.3. The standard InChI is InChI=1S/C33H57BN6O6/c1-13-19(7)41-28-25(29(36-35-28)42-20(8)14-2)34(26-30(43-21(9)15-3)37-38-31(26)44-22(10)16-4)27-32(45-23(11)17-5)39-40-33(27)46-24(12)18-6/h19-24H,13-18H2,1-12H3,(H,35,36)(H,37,38)(H,39,40). The van der Waals surface area contributed by atoms with Crippen LogP contribution in [0, 0.1) is 0 Å². The molecule has 0 bridgehead atoms.